The van der Waals surface area contributed by atoms with E-state index in [0.29, 0.717) is 6.29 Å². The minimum absolute atomic E-state index is 0.142. The van der Waals surface area contributed by atoms with Crippen LogP contribution in [0.5, 0.6) is 0 Å². The van der Waals surface area contributed by atoms with E-state index in [9.17, 15) is 21.6 Å². The van der Waals surface area contributed by atoms with E-state index < -0.39 is 30.9 Å². The predicted octanol–water partition coefficient (Wildman–Crippen LogP) is -1.34. The topological polar surface area (TPSA) is 137 Å². The van der Waals surface area contributed by atoms with Crippen molar-refractivity contribution in [3.8, 4) is 0 Å². The van der Waals surface area contributed by atoms with Gasteiger partial charge >= 0.3 is 0 Å². The van der Waals surface area contributed by atoms with Gasteiger partial charge in [0.1, 0.15) is 0 Å². The molecule has 8 nitrogen and oxygen atoms in total. The number of nitrogens with one attached hydrogen (secondary N) is 1. The fourth-order valence-electron chi connectivity index (χ4n) is 0.932. The predicted molar refractivity (Wildman–Crippen MR) is 57.3 cm³/mol. The summed E-state index contributed by atoms with van der Waals surface area (Å²) in [6, 6.07) is 2.27. The number of hydrogen-bond donors (Lipinski definition) is 2. The van der Waals surface area contributed by atoms with Gasteiger partial charge in [-0.15, -0.1) is 0 Å². The van der Waals surface area contributed by atoms with Crippen molar-refractivity contribution in [3.05, 3.63) is 17.9 Å². The zero-order valence-electron chi connectivity index (χ0n) is 8.49. The van der Waals surface area contributed by atoms with Crippen LogP contribution in [0, 0.1) is 0 Å². The molecule has 10 heteroatoms. The molecule has 0 aliphatic carbocycles. The van der Waals surface area contributed by atoms with Crippen molar-refractivity contribution in [1.29, 1.82) is 0 Å². The van der Waals surface area contributed by atoms with E-state index in [-0.39, 0.29) is 12.3 Å². The van der Waals surface area contributed by atoms with E-state index in [2.05, 4.69) is 4.42 Å². The number of hydrogen-bond acceptors (Lipinski definition) is 6. The summed E-state index contributed by atoms with van der Waals surface area (Å²) >= 11 is 0. The van der Waals surface area contributed by atoms with Gasteiger partial charge in [-0.25, -0.2) is 26.7 Å². The van der Waals surface area contributed by atoms with Crippen molar-refractivity contribution in [2.45, 2.75) is 5.09 Å². The van der Waals surface area contributed by atoms with Crippen LogP contribution in [0.2, 0.25) is 0 Å². The first kappa shape index (κ1) is 13.8. The summed E-state index contributed by atoms with van der Waals surface area (Å²) in [5, 5.41) is 4.23. The lowest BCUT2D eigenvalue weighted by Crippen LogP contribution is -2.31. The Morgan fingerprint density at radius 2 is 1.94 bits per heavy atom. The van der Waals surface area contributed by atoms with Gasteiger partial charge < -0.3 is 4.42 Å². The molecule has 96 valence electrons. The Morgan fingerprint density at radius 1 is 1.29 bits per heavy atom. The zero-order valence-corrected chi connectivity index (χ0v) is 10.1. The van der Waals surface area contributed by atoms with Crippen molar-refractivity contribution in [2.75, 3.05) is 12.3 Å². The molecule has 0 aromatic carbocycles. The average Bonchev–Trinajstić information content (AvgIpc) is 2.63. The first-order chi connectivity index (χ1) is 7.74. The molecule has 17 heavy (non-hydrogen) atoms. The van der Waals surface area contributed by atoms with Crippen molar-refractivity contribution in [2.24, 2.45) is 5.14 Å². The first-order valence-corrected chi connectivity index (χ1v) is 7.49. The Balaban J connectivity index is 2.72. The summed E-state index contributed by atoms with van der Waals surface area (Å²) in [4.78, 5) is 10.3. The van der Waals surface area contributed by atoms with Crippen molar-refractivity contribution in [1.82, 2.24) is 4.72 Å². The van der Waals surface area contributed by atoms with Gasteiger partial charge in [-0.1, -0.05) is 0 Å². The van der Waals surface area contributed by atoms with Gasteiger partial charge in [0.25, 0.3) is 10.0 Å². The number of carbonyl (C=O) groups is 1. The first-order valence-electron chi connectivity index (χ1n) is 4.30. The van der Waals surface area contributed by atoms with Crippen LogP contribution in [-0.4, -0.2) is 35.4 Å². The molecule has 0 spiro atoms. The van der Waals surface area contributed by atoms with Crippen LogP contribution in [0.25, 0.3) is 0 Å². The minimum atomic E-state index is -3.97. The van der Waals surface area contributed by atoms with E-state index in [1.54, 1.807) is 0 Å². The van der Waals surface area contributed by atoms with Gasteiger partial charge in [-0.2, -0.15) is 0 Å². The summed E-state index contributed by atoms with van der Waals surface area (Å²) in [6.45, 7) is -0.377. The third-order valence-corrected chi connectivity index (χ3v) is 3.77. The second-order valence-electron chi connectivity index (χ2n) is 3.04. The number of carbonyl (C=O) groups excluding carboxylic acids is 1. The SMILES string of the molecule is NS(=O)(=O)CCNS(=O)(=O)c1ccc(C=O)o1. The molecular formula is C7H10N2O6S2. The normalized spacial score (nSPS) is 12.5. The fourth-order valence-corrected chi connectivity index (χ4v) is 2.41. The molecule has 0 aliphatic rings. The maximum Gasteiger partial charge on any atom is 0.274 e. The van der Waals surface area contributed by atoms with Crippen LogP contribution < -0.4 is 9.86 Å². The Hall–Kier alpha value is -1.23. The average molecular weight is 282 g/mol. The van der Waals surface area contributed by atoms with Crippen LogP contribution in [0.3, 0.4) is 0 Å². The fraction of sp³-hybridized carbons (Fsp3) is 0.286. The number of aldehydes is 1. The van der Waals surface area contributed by atoms with Crippen LogP contribution in [0.4, 0.5) is 0 Å². The molecule has 0 saturated carbocycles. The van der Waals surface area contributed by atoms with Crippen LogP contribution in [0.15, 0.2) is 21.6 Å². The molecule has 1 aromatic heterocycles. The summed E-state index contributed by atoms with van der Waals surface area (Å²) in [6.07, 6.45) is 0.351. The molecule has 3 N–H and O–H groups in total. The minimum Gasteiger partial charge on any atom is -0.440 e. The third-order valence-electron chi connectivity index (χ3n) is 1.66. The number of sulfonamides is 2. The van der Waals surface area contributed by atoms with E-state index in [4.69, 9.17) is 5.14 Å². The second kappa shape index (κ2) is 4.96. The van der Waals surface area contributed by atoms with Crippen LogP contribution in [-0.2, 0) is 20.0 Å². The highest BCUT2D eigenvalue weighted by Gasteiger charge is 2.18. The lowest BCUT2D eigenvalue weighted by Gasteiger charge is -2.02. The number of primary sulfonamides is 1. The summed E-state index contributed by atoms with van der Waals surface area (Å²) in [5.74, 6) is -0.676. The number of nitrogens with two attached hydrogens (primary N) is 1. The van der Waals surface area contributed by atoms with Gasteiger partial charge in [0.05, 0.1) is 5.75 Å². The highest BCUT2D eigenvalue weighted by atomic mass is 32.2. The highest BCUT2D eigenvalue weighted by Crippen LogP contribution is 2.11. The second-order valence-corrected chi connectivity index (χ2v) is 6.47. The molecule has 0 atom stereocenters. The summed E-state index contributed by atoms with van der Waals surface area (Å²) in [7, 11) is -7.71. The zero-order chi connectivity index (χ0) is 13.1. The summed E-state index contributed by atoms with van der Waals surface area (Å²) < 4.78 is 50.8. The van der Waals surface area contributed by atoms with Crippen molar-refractivity contribution in [3.63, 3.8) is 0 Å². The van der Waals surface area contributed by atoms with E-state index >= 15 is 0 Å². The van der Waals surface area contributed by atoms with E-state index in [1.165, 1.54) is 6.07 Å². The van der Waals surface area contributed by atoms with Crippen molar-refractivity contribution < 1.29 is 26.0 Å². The molecular weight excluding hydrogens is 272 g/mol. The summed E-state index contributed by atoms with van der Waals surface area (Å²) in [5.41, 5.74) is 0. The molecule has 0 saturated heterocycles. The van der Waals surface area contributed by atoms with Gasteiger partial charge in [0, 0.05) is 6.54 Å². The monoisotopic (exact) mass is 282 g/mol. The van der Waals surface area contributed by atoms with Gasteiger partial charge in [0.15, 0.2) is 12.0 Å². The smallest absolute Gasteiger partial charge is 0.274 e. The number of rotatable bonds is 6. The maximum absolute atomic E-state index is 11.5. The van der Waals surface area contributed by atoms with Crippen LogP contribution in [0.1, 0.15) is 10.6 Å². The molecule has 0 radical (unpaired) electrons. The third kappa shape index (κ3) is 4.26. The molecule has 1 rings (SSSR count). The molecule has 0 amide bonds. The van der Waals surface area contributed by atoms with Gasteiger partial charge in [-0.3, -0.25) is 4.79 Å². The molecule has 0 fully saturated rings. The molecule has 0 bridgehead atoms. The molecule has 1 aromatic rings. The molecule has 0 aliphatic heterocycles. The standard InChI is InChI=1S/C7H10N2O6S2/c8-16(11,12)4-3-9-17(13,14)7-2-1-6(5-10)15-7/h1-2,5,9H,3-4H2,(H2,8,11,12). The van der Waals surface area contributed by atoms with Crippen LogP contribution >= 0.6 is 0 Å². The number of furan rings is 1. The lowest BCUT2D eigenvalue weighted by atomic mass is 10.5. The van der Waals surface area contributed by atoms with Gasteiger partial charge in [-0.05, 0) is 12.1 Å². The van der Waals surface area contributed by atoms with Crippen molar-refractivity contribution >= 4 is 26.3 Å². The van der Waals surface area contributed by atoms with E-state index in [1.807, 2.05) is 4.72 Å². The largest absolute Gasteiger partial charge is 0.440 e. The maximum atomic E-state index is 11.5. The Bertz CT molecular complexity index is 600. The Labute approximate surface area is 97.9 Å². The molecule has 1 heterocycles. The Kier molecular flexibility index (Phi) is 4.03. The van der Waals surface area contributed by atoms with Gasteiger partial charge in [0.2, 0.25) is 15.1 Å². The highest BCUT2D eigenvalue weighted by molar-refractivity contribution is 7.90. The van der Waals surface area contributed by atoms with E-state index in [0.717, 1.165) is 6.07 Å². The Morgan fingerprint density at radius 3 is 2.41 bits per heavy atom. The quantitative estimate of drug-likeness (QED) is 0.619. The lowest BCUT2D eigenvalue weighted by molar-refractivity contribution is 0.109. The molecule has 0 unspecified atom stereocenters.